The number of aromatic nitrogens is 4. The molecule has 28 heavy (non-hydrogen) atoms. The van der Waals surface area contributed by atoms with Crippen LogP contribution in [-0.2, 0) is 0 Å². The minimum atomic E-state index is 0.0367. The summed E-state index contributed by atoms with van der Waals surface area (Å²) in [4.78, 5) is 17.9. The van der Waals surface area contributed by atoms with E-state index in [0.717, 1.165) is 28.7 Å². The zero-order valence-corrected chi connectivity index (χ0v) is 16.2. The summed E-state index contributed by atoms with van der Waals surface area (Å²) >= 11 is 0. The lowest BCUT2D eigenvalue weighted by Crippen LogP contribution is -2.33. The first-order valence-electron chi connectivity index (χ1n) is 10.1. The molecule has 0 bridgehead atoms. The van der Waals surface area contributed by atoms with Gasteiger partial charge in [-0.25, -0.2) is 9.50 Å². The minimum absolute atomic E-state index is 0.0367. The van der Waals surface area contributed by atoms with E-state index in [1.165, 1.54) is 12.8 Å². The molecular formula is C23H24N4O. The molecule has 3 atom stereocenters. The Kier molecular flexibility index (Phi) is 4.04. The van der Waals surface area contributed by atoms with Gasteiger partial charge < -0.3 is 4.57 Å². The van der Waals surface area contributed by atoms with E-state index in [1.54, 1.807) is 10.7 Å². The third kappa shape index (κ3) is 2.57. The molecule has 0 saturated heterocycles. The molecule has 142 valence electrons. The lowest BCUT2D eigenvalue weighted by atomic mass is 9.78. The summed E-state index contributed by atoms with van der Waals surface area (Å²) in [6.45, 7) is 4.56. The van der Waals surface area contributed by atoms with Gasteiger partial charge >= 0.3 is 0 Å². The lowest BCUT2D eigenvalue weighted by Gasteiger charge is -2.35. The molecule has 1 aromatic carbocycles. The summed E-state index contributed by atoms with van der Waals surface area (Å²) in [6.07, 6.45) is 8.98. The van der Waals surface area contributed by atoms with Crippen molar-refractivity contribution in [1.29, 1.82) is 0 Å². The van der Waals surface area contributed by atoms with Crippen LogP contribution >= 0.6 is 0 Å². The molecule has 0 aliphatic heterocycles. The predicted octanol–water partition coefficient (Wildman–Crippen LogP) is 4.71. The number of hydrogen-bond acceptors (Lipinski definition) is 3. The Morgan fingerprint density at radius 3 is 2.68 bits per heavy atom. The topological polar surface area (TPSA) is 52.2 Å². The van der Waals surface area contributed by atoms with Crippen LogP contribution in [0, 0.1) is 11.8 Å². The molecule has 0 unspecified atom stereocenters. The van der Waals surface area contributed by atoms with Gasteiger partial charge in [0.1, 0.15) is 0 Å². The molecule has 0 spiro atoms. The molecule has 1 saturated carbocycles. The third-order valence-corrected chi connectivity index (χ3v) is 6.53. The molecule has 0 amide bonds. The number of nitrogens with zero attached hydrogens (tertiary/aromatic N) is 4. The number of fused-ring (bicyclic) bond motifs is 3. The van der Waals surface area contributed by atoms with Crippen LogP contribution in [0.25, 0.3) is 27.7 Å². The van der Waals surface area contributed by atoms with E-state index in [2.05, 4.69) is 23.9 Å². The van der Waals surface area contributed by atoms with E-state index in [1.807, 2.05) is 53.4 Å². The zero-order valence-electron chi connectivity index (χ0n) is 16.2. The van der Waals surface area contributed by atoms with Crippen molar-refractivity contribution in [1.82, 2.24) is 19.2 Å². The van der Waals surface area contributed by atoms with Crippen molar-refractivity contribution >= 4 is 16.6 Å². The van der Waals surface area contributed by atoms with Crippen molar-refractivity contribution in [2.75, 3.05) is 0 Å². The van der Waals surface area contributed by atoms with Crippen molar-refractivity contribution in [3.8, 4) is 11.1 Å². The molecular weight excluding hydrogens is 348 g/mol. The molecule has 3 heterocycles. The minimum Gasteiger partial charge on any atom is -0.311 e. The number of benzene rings is 1. The Balaban J connectivity index is 1.67. The second kappa shape index (κ2) is 6.59. The van der Waals surface area contributed by atoms with Gasteiger partial charge in [-0.2, -0.15) is 5.10 Å². The van der Waals surface area contributed by atoms with E-state index < -0.39 is 0 Å². The van der Waals surface area contributed by atoms with Crippen molar-refractivity contribution in [2.24, 2.45) is 11.8 Å². The molecule has 1 aliphatic rings. The molecule has 3 aromatic heterocycles. The van der Waals surface area contributed by atoms with E-state index >= 15 is 0 Å². The highest BCUT2D eigenvalue weighted by molar-refractivity contribution is 5.84. The summed E-state index contributed by atoms with van der Waals surface area (Å²) in [7, 11) is 0. The van der Waals surface area contributed by atoms with Gasteiger partial charge in [-0.05, 0) is 29.9 Å². The van der Waals surface area contributed by atoms with E-state index in [0.29, 0.717) is 17.2 Å². The van der Waals surface area contributed by atoms with Gasteiger partial charge in [-0.3, -0.25) is 4.79 Å². The van der Waals surface area contributed by atoms with Crippen LogP contribution in [0.4, 0.5) is 0 Å². The fourth-order valence-electron chi connectivity index (χ4n) is 4.66. The first kappa shape index (κ1) is 17.2. The average Bonchev–Trinajstić information content (AvgIpc) is 3.16. The third-order valence-electron chi connectivity index (χ3n) is 6.53. The van der Waals surface area contributed by atoms with Crippen LogP contribution in [0.15, 0.2) is 59.8 Å². The molecule has 4 aromatic rings. The summed E-state index contributed by atoms with van der Waals surface area (Å²) < 4.78 is 3.72. The van der Waals surface area contributed by atoms with Crippen LogP contribution in [0.2, 0.25) is 0 Å². The molecule has 5 nitrogen and oxygen atoms in total. The monoisotopic (exact) mass is 372 g/mol. The normalized spacial score (nSPS) is 22.7. The van der Waals surface area contributed by atoms with Crippen LogP contribution in [0.3, 0.4) is 0 Å². The lowest BCUT2D eigenvalue weighted by molar-refractivity contribution is 0.183. The highest BCUT2D eigenvalue weighted by Crippen LogP contribution is 2.37. The van der Waals surface area contributed by atoms with Gasteiger partial charge in [0.2, 0.25) is 0 Å². The van der Waals surface area contributed by atoms with Gasteiger partial charge in [-0.15, -0.1) is 0 Å². The maximum absolute atomic E-state index is 13.3. The van der Waals surface area contributed by atoms with E-state index in [4.69, 9.17) is 0 Å². The largest absolute Gasteiger partial charge is 0.311 e. The summed E-state index contributed by atoms with van der Waals surface area (Å²) in [5, 5.41) is 5.17. The van der Waals surface area contributed by atoms with Crippen molar-refractivity contribution in [3.63, 3.8) is 0 Å². The first-order valence-corrected chi connectivity index (χ1v) is 10.1. The first-order chi connectivity index (χ1) is 13.6. The molecule has 5 rings (SSSR count). The van der Waals surface area contributed by atoms with Crippen LogP contribution in [-0.4, -0.2) is 19.2 Å². The van der Waals surface area contributed by atoms with Crippen LogP contribution in [0.5, 0.6) is 0 Å². The number of hydrogen-bond donors (Lipinski definition) is 0. The molecule has 0 N–H and O–H groups in total. The zero-order chi connectivity index (χ0) is 19.3. The Morgan fingerprint density at radius 1 is 1.04 bits per heavy atom. The summed E-state index contributed by atoms with van der Waals surface area (Å²) in [5.41, 5.74) is 3.67. The van der Waals surface area contributed by atoms with Crippen molar-refractivity contribution in [3.05, 3.63) is 65.3 Å². The van der Waals surface area contributed by atoms with Crippen LogP contribution in [0.1, 0.15) is 39.2 Å². The van der Waals surface area contributed by atoms with Gasteiger partial charge in [0.25, 0.3) is 5.56 Å². The highest BCUT2D eigenvalue weighted by Gasteiger charge is 2.29. The maximum Gasteiger partial charge on any atom is 0.261 e. The van der Waals surface area contributed by atoms with Gasteiger partial charge in [0.15, 0.2) is 5.65 Å². The molecule has 5 heteroatoms. The smallest absolute Gasteiger partial charge is 0.261 e. The van der Waals surface area contributed by atoms with E-state index in [9.17, 15) is 4.79 Å². The quantitative estimate of drug-likeness (QED) is 0.512. The van der Waals surface area contributed by atoms with Crippen LogP contribution < -0.4 is 5.56 Å². The van der Waals surface area contributed by atoms with Crippen molar-refractivity contribution < 1.29 is 0 Å². The summed E-state index contributed by atoms with van der Waals surface area (Å²) in [5.74, 6) is 1.14. The SMILES string of the molecule is C[C@@H]1[C@H](C)CCC[C@@H]1n1ccc2c(cnc3c(-c4ccccc4)cnn32)c1=O. The number of pyridine rings is 1. The van der Waals surface area contributed by atoms with Gasteiger partial charge in [0.05, 0.1) is 17.1 Å². The van der Waals surface area contributed by atoms with Gasteiger partial charge in [0, 0.05) is 24.0 Å². The standard InChI is InChI=1S/C23H24N4O/c1-15-7-6-10-20(16(15)2)26-12-11-21-19(23(26)28)13-24-22-18(14-25-27(21)22)17-8-4-3-5-9-17/h3-5,8-9,11-16,20H,6-7,10H2,1-2H3/t15-,16-,20+/m1/s1. The Bertz CT molecular complexity index is 1210. The second-order valence-corrected chi connectivity index (χ2v) is 8.08. The highest BCUT2D eigenvalue weighted by atomic mass is 16.1. The Hall–Kier alpha value is -2.95. The number of rotatable bonds is 2. The van der Waals surface area contributed by atoms with Crippen molar-refractivity contribution in [2.45, 2.75) is 39.2 Å². The second-order valence-electron chi connectivity index (χ2n) is 8.08. The fourth-order valence-corrected chi connectivity index (χ4v) is 4.66. The summed E-state index contributed by atoms with van der Waals surface area (Å²) in [6, 6.07) is 12.4. The maximum atomic E-state index is 13.3. The van der Waals surface area contributed by atoms with E-state index in [-0.39, 0.29) is 11.6 Å². The fraction of sp³-hybridized carbons (Fsp3) is 0.348. The molecule has 1 aliphatic carbocycles. The Labute approximate surface area is 163 Å². The Morgan fingerprint density at radius 2 is 1.86 bits per heavy atom. The molecule has 1 fully saturated rings. The van der Waals surface area contributed by atoms with Gasteiger partial charge in [-0.1, -0.05) is 57.0 Å². The predicted molar refractivity (Wildman–Crippen MR) is 111 cm³/mol. The average molecular weight is 372 g/mol. The molecule has 0 radical (unpaired) electrons.